The van der Waals surface area contributed by atoms with Crippen LogP contribution < -0.4 is 10.6 Å². The van der Waals surface area contributed by atoms with Crippen molar-refractivity contribution in [1.29, 1.82) is 0 Å². The SMILES string of the molecule is CC[C@H](C)[C@H](NC(=O)Nc1cccc(C(F)(F)F)c1)C(=O)O. The van der Waals surface area contributed by atoms with E-state index in [0.29, 0.717) is 6.42 Å². The highest BCUT2D eigenvalue weighted by molar-refractivity contribution is 5.92. The summed E-state index contributed by atoms with van der Waals surface area (Å²) in [6.07, 6.45) is -3.99. The normalized spacial score (nSPS) is 14.0. The summed E-state index contributed by atoms with van der Waals surface area (Å²) in [5.74, 6) is -1.52. The van der Waals surface area contributed by atoms with Crippen molar-refractivity contribution in [3.8, 4) is 0 Å². The van der Waals surface area contributed by atoms with Crippen LogP contribution in [0.15, 0.2) is 24.3 Å². The zero-order valence-electron chi connectivity index (χ0n) is 12.1. The lowest BCUT2D eigenvalue weighted by atomic mass is 9.99. The maximum absolute atomic E-state index is 12.6. The van der Waals surface area contributed by atoms with Gasteiger partial charge in [0.25, 0.3) is 0 Å². The van der Waals surface area contributed by atoms with E-state index in [1.165, 1.54) is 6.07 Å². The fourth-order valence-electron chi connectivity index (χ4n) is 1.76. The standard InChI is InChI=1S/C14H17F3N2O3/c1-3-8(2)11(12(20)21)19-13(22)18-10-6-4-5-9(7-10)14(15,16)17/h4-8,11H,3H2,1-2H3,(H,20,21)(H2,18,19,22)/t8-,11-/m0/s1. The molecule has 0 spiro atoms. The average molecular weight is 318 g/mol. The van der Waals surface area contributed by atoms with Gasteiger partial charge in [0.05, 0.1) is 5.56 Å². The van der Waals surface area contributed by atoms with Crippen molar-refractivity contribution in [2.45, 2.75) is 32.5 Å². The summed E-state index contributed by atoms with van der Waals surface area (Å²) in [6.45, 7) is 3.43. The van der Waals surface area contributed by atoms with E-state index in [2.05, 4.69) is 10.6 Å². The number of carbonyl (C=O) groups is 2. The molecule has 0 saturated carbocycles. The number of benzene rings is 1. The minimum Gasteiger partial charge on any atom is -0.480 e. The molecule has 0 heterocycles. The molecule has 1 aromatic carbocycles. The zero-order chi connectivity index (χ0) is 16.9. The first-order chi connectivity index (χ1) is 10.1. The number of hydrogen-bond donors (Lipinski definition) is 3. The maximum atomic E-state index is 12.6. The van der Waals surface area contributed by atoms with Crippen LogP contribution in [0, 0.1) is 5.92 Å². The summed E-state index contributed by atoms with van der Waals surface area (Å²) < 4.78 is 37.7. The van der Waals surface area contributed by atoms with Crippen molar-refractivity contribution in [3.63, 3.8) is 0 Å². The molecule has 0 saturated heterocycles. The van der Waals surface area contributed by atoms with Crippen molar-refractivity contribution in [2.24, 2.45) is 5.92 Å². The Labute approximate surface area is 125 Å². The third-order valence-electron chi connectivity index (χ3n) is 3.21. The van der Waals surface area contributed by atoms with E-state index in [0.717, 1.165) is 18.2 Å². The Morgan fingerprint density at radius 3 is 2.45 bits per heavy atom. The number of carbonyl (C=O) groups excluding carboxylic acids is 1. The van der Waals surface area contributed by atoms with Crippen molar-refractivity contribution >= 4 is 17.7 Å². The summed E-state index contributed by atoms with van der Waals surface area (Å²) in [7, 11) is 0. The summed E-state index contributed by atoms with van der Waals surface area (Å²) >= 11 is 0. The molecule has 5 nitrogen and oxygen atoms in total. The highest BCUT2D eigenvalue weighted by atomic mass is 19.4. The molecule has 0 unspecified atom stereocenters. The number of urea groups is 1. The van der Waals surface area contributed by atoms with E-state index in [1.54, 1.807) is 13.8 Å². The predicted octanol–water partition coefficient (Wildman–Crippen LogP) is 3.33. The molecule has 0 bridgehead atoms. The van der Waals surface area contributed by atoms with E-state index in [9.17, 15) is 22.8 Å². The Morgan fingerprint density at radius 1 is 1.32 bits per heavy atom. The van der Waals surface area contributed by atoms with Crippen LogP contribution in [0.4, 0.5) is 23.7 Å². The summed E-state index contributed by atoms with van der Waals surface area (Å²) in [5, 5.41) is 13.5. The number of rotatable bonds is 5. The Morgan fingerprint density at radius 2 is 1.95 bits per heavy atom. The number of nitrogens with one attached hydrogen (secondary N) is 2. The molecule has 0 aromatic heterocycles. The number of hydrogen-bond acceptors (Lipinski definition) is 2. The van der Waals surface area contributed by atoms with Crippen LogP contribution in [0.2, 0.25) is 0 Å². The number of alkyl halides is 3. The topological polar surface area (TPSA) is 78.4 Å². The molecule has 2 amide bonds. The van der Waals surface area contributed by atoms with Gasteiger partial charge in [0.15, 0.2) is 0 Å². The monoisotopic (exact) mass is 318 g/mol. The van der Waals surface area contributed by atoms with Crippen LogP contribution in [-0.2, 0) is 11.0 Å². The number of carboxylic acid groups (broad SMARTS) is 1. The van der Waals surface area contributed by atoms with Crippen molar-refractivity contribution in [3.05, 3.63) is 29.8 Å². The molecule has 0 aliphatic heterocycles. The summed E-state index contributed by atoms with van der Waals surface area (Å²) in [6, 6.07) is 2.11. The quantitative estimate of drug-likeness (QED) is 0.779. The van der Waals surface area contributed by atoms with Gasteiger partial charge in [0.1, 0.15) is 6.04 Å². The highest BCUT2D eigenvalue weighted by Gasteiger charge is 2.30. The van der Waals surface area contributed by atoms with Crippen LogP contribution in [0.5, 0.6) is 0 Å². The van der Waals surface area contributed by atoms with Crippen molar-refractivity contribution in [1.82, 2.24) is 5.32 Å². The molecule has 0 radical (unpaired) electrons. The highest BCUT2D eigenvalue weighted by Crippen LogP contribution is 2.30. The van der Waals surface area contributed by atoms with Gasteiger partial charge in [-0.05, 0) is 24.1 Å². The first-order valence-electron chi connectivity index (χ1n) is 6.62. The van der Waals surface area contributed by atoms with Gasteiger partial charge in [-0.25, -0.2) is 9.59 Å². The number of carboxylic acids is 1. The maximum Gasteiger partial charge on any atom is 0.416 e. The van der Waals surface area contributed by atoms with E-state index < -0.39 is 29.8 Å². The lowest BCUT2D eigenvalue weighted by Crippen LogP contribution is -2.46. The largest absolute Gasteiger partial charge is 0.480 e. The summed E-state index contributed by atoms with van der Waals surface area (Å²) in [5.41, 5.74) is -0.970. The summed E-state index contributed by atoms with van der Waals surface area (Å²) in [4.78, 5) is 22.8. The minimum absolute atomic E-state index is 0.0689. The fraction of sp³-hybridized carbons (Fsp3) is 0.429. The molecule has 3 N–H and O–H groups in total. The molecule has 0 aliphatic carbocycles. The van der Waals surface area contributed by atoms with E-state index in [-0.39, 0.29) is 11.6 Å². The third-order valence-corrected chi connectivity index (χ3v) is 3.21. The molecule has 8 heteroatoms. The number of amides is 2. The molecular weight excluding hydrogens is 301 g/mol. The van der Waals surface area contributed by atoms with Gasteiger partial charge in [-0.2, -0.15) is 13.2 Å². The number of halogens is 3. The van der Waals surface area contributed by atoms with E-state index >= 15 is 0 Å². The number of anilines is 1. The number of aliphatic carboxylic acids is 1. The molecule has 1 rings (SSSR count). The Kier molecular flexibility index (Phi) is 5.78. The Hall–Kier alpha value is -2.25. The van der Waals surface area contributed by atoms with Gasteiger partial charge in [0, 0.05) is 5.69 Å². The molecule has 22 heavy (non-hydrogen) atoms. The van der Waals surface area contributed by atoms with Crippen LogP contribution in [0.25, 0.3) is 0 Å². The van der Waals surface area contributed by atoms with Gasteiger partial charge in [-0.15, -0.1) is 0 Å². The first-order valence-corrected chi connectivity index (χ1v) is 6.62. The van der Waals surface area contributed by atoms with E-state index in [1.807, 2.05) is 0 Å². The fourth-order valence-corrected chi connectivity index (χ4v) is 1.76. The predicted molar refractivity (Wildman–Crippen MR) is 74.5 cm³/mol. The Bertz CT molecular complexity index is 546. The zero-order valence-corrected chi connectivity index (χ0v) is 12.1. The van der Waals surface area contributed by atoms with Gasteiger partial charge < -0.3 is 15.7 Å². The van der Waals surface area contributed by atoms with Crippen molar-refractivity contribution in [2.75, 3.05) is 5.32 Å². The Balaban J connectivity index is 2.78. The molecule has 0 fully saturated rings. The van der Waals surface area contributed by atoms with Gasteiger partial charge in [-0.3, -0.25) is 0 Å². The van der Waals surface area contributed by atoms with Crippen LogP contribution >= 0.6 is 0 Å². The van der Waals surface area contributed by atoms with Gasteiger partial charge in [-0.1, -0.05) is 26.3 Å². The second-order valence-corrected chi connectivity index (χ2v) is 4.88. The van der Waals surface area contributed by atoms with Crippen LogP contribution in [0.3, 0.4) is 0 Å². The molecule has 1 aromatic rings. The van der Waals surface area contributed by atoms with Gasteiger partial charge in [0.2, 0.25) is 0 Å². The third kappa shape index (κ3) is 4.94. The minimum atomic E-state index is -4.52. The molecule has 0 aliphatic rings. The lowest BCUT2D eigenvalue weighted by Gasteiger charge is -2.20. The van der Waals surface area contributed by atoms with Crippen molar-refractivity contribution < 1.29 is 27.9 Å². The molecule has 122 valence electrons. The van der Waals surface area contributed by atoms with E-state index in [4.69, 9.17) is 5.11 Å². The second-order valence-electron chi connectivity index (χ2n) is 4.88. The molecule has 2 atom stereocenters. The smallest absolute Gasteiger partial charge is 0.416 e. The van der Waals surface area contributed by atoms with Crippen LogP contribution in [0.1, 0.15) is 25.8 Å². The lowest BCUT2D eigenvalue weighted by molar-refractivity contribution is -0.140. The van der Waals surface area contributed by atoms with Crippen LogP contribution in [-0.4, -0.2) is 23.1 Å². The second kappa shape index (κ2) is 7.15. The molecular formula is C14H17F3N2O3. The first kappa shape index (κ1) is 17.8. The van der Waals surface area contributed by atoms with Gasteiger partial charge >= 0.3 is 18.2 Å². The average Bonchev–Trinajstić information content (AvgIpc) is 2.43.